The van der Waals surface area contributed by atoms with Gasteiger partial charge in [-0.05, 0) is 29.1 Å². The molecule has 0 N–H and O–H groups in total. The maximum absolute atomic E-state index is 13.1. The molecule has 1 atom stereocenters. The van der Waals surface area contributed by atoms with Crippen molar-refractivity contribution in [2.45, 2.75) is 25.6 Å². The first-order valence-corrected chi connectivity index (χ1v) is 10.2. The summed E-state index contributed by atoms with van der Waals surface area (Å²) in [5.41, 5.74) is 1.37. The Balaban J connectivity index is 1.64. The molecule has 1 amide bonds. The third-order valence-electron chi connectivity index (χ3n) is 4.69. The molecule has 1 aliphatic rings. The SMILES string of the molecule is COc1cc([C@H]2CC(c3cccs3)=NN2C(=O)Cn2cnc(C#N)n2)ccc1OC(F)F. The van der Waals surface area contributed by atoms with Crippen LogP contribution in [0.4, 0.5) is 8.78 Å². The fourth-order valence-electron chi connectivity index (χ4n) is 3.31. The van der Waals surface area contributed by atoms with Crippen LogP contribution in [0.25, 0.3) is 0 Å². The second-order valence-corrected chi connectivity index (χ2v) is 7.60. The van der Waals surface area contributed by atoms with Gasteiger partial charge >= 0.3 is 6.61 Å². The number of methoxy groups -OCH3 is 1. The minimum absolute atomic E-state index is 0.0436. The van der Waals surface area contributed by atoms with E-state index in [4.69, 9.17) is 10.00 Å². The van der Waals surface area contributed by atoms with Crippen molar-refractivity contribution in [2.24, 2.45) is 5.10 Å². The highest BCUT2D eigenvalue weighted by Crippen LogP contribution is 2.38. The van der Waals surface area contributed by atoms with Crippen molar-refractivity contribution in [1.29, 1.82) is 5.26 Å². The van der Waals surface area contributed by atoms with Crippen molar-refractivity contribution < 1.29 is 23.0 Å². The lowest BCUT2D eigenvalue weighted by Crippen LogP contribution is -2.30. The number of nitrogens with zero attached hydrogens (tertiary/aromatic N) is 6. The van der Waals surface area contributed by atoms with Gasteiger partial charge in [0.05, 0.1) is 23.7 Å². The largest absolute Gasteiger partial charge is 0.493 e. The lowest BCUT2D eigenvalue weighted by molar-refractivity contribution is -0.133. The number of ether oxygens (including phenoxy) is 2. The maximum atomic E-state index is 13.1. The molecule has 0 saturated heterocycles. The Morgan fingerprint density at radius 1 is 1.38 bits per heavy atom. The van der Waals surface area contributed by atoms with E-state index in [0.29, 0.717) is 12.0 Å². The van der Waals surface area contributed by atoms with E-state index in [1.807, 2.05) is 23.6 Å². The third-order valence-corrected chi connectivity index (χ3v) is 5.61. The fourth-order valence-corrected chi connectivity index (χ4v) is 4.03. The fraction of sp³-hybridized carbons (Fsp3) is 0.250. The zero-order valence-electron chi connectivity index (χ0n) is 16.7. The van der Waals surface area contributed by atoms with Crippen LogP contribution in [0, 0.1) is 11.3 Å². The Morgan fingerprint density at radius 3 is 2.88 bits per heavy atom. The van der Waals surface area contributed by atoms with E-state index in [-0.39, 0.29) is 29.8 Å². The Bertz CT molecular complexity index is 1190. The molecule has 32 heavy (non-hydrogen) atoms. The van der Waals surface area contributed by atoms with Gasteiger partial charge in [0.2, 0.25) is 0 Å². The van der Waals surface area contributed by atoms with Crippen LogP contribution >= 0.6 is 11.3 Å². The zero-order valence-corrected chi connectivity index (χ0v) is 17.5. The molecule has 0 saturated carbocycles. The topological polar surface area (TPSA) is 106 Å². The highest BCUT2D eigenvalue weighted by atomic mass is 32.1. The zero-order chi connectivity index (χ0) is 22.7. The van der Waals surface area contributed by atoms with Crippen molar-refractivity contribution in [3.8, 4) is 17.6 Å². The minimum atomic E-state index is -2.99. The molecular formula is C20H16F2N6O3S. The van der Waals surface area contributed by atoms with Crippen LogP contribution in [-0.4, -0.2) is 45.1 Å². The molecule has 0 fully saturated rings. The number of amides is 1. The molecule has 0 spiro atoms. The average molecular weight is 458 g/mol. The normalized spacial score (nSPS) is 15.5. The lowest BCUT2D eigenvalue weighted by Gasteiger charge is -2.23. The highest BCUT2D eigenvalue weighted by Gasteiger charge is 2.34. The molecule has 3 aromatic rings. The van der Waals surface area contributed by atoms with E-state index in [2.05, 4.69) is 19.9 Å². The summed E-state index contributed by atoms with van der Waals surface area (Å²) < 4.78 is 36.3. The Morgan fingerprint density at radius 2 is 2.22 bits per heavy atom. The first-order valence-electron chi connectivity index (χ1n) is 9.34. The molecule has 12 heteroatoms. The first kappa shape index (κ1) is 21.4. The smallest absolute Gasteiger partial charge is 0.387 e. The van der Waals surface area contributed by atoms with Gasteiger partial charge in [0, 0.05) is 6.42 Å². The summed E-state index contributed by atoms with van der Waals surface area (Å²) >= 11 is 1.50. The van der Waals surface area contributed by atoms with Crippen LogP contribution in [0.1, 0.15) is 28.7 Å². The summed E-state index contributed by atoms with van der Waals surface area (Å²) in [6, 6.07) is 9.64. The predicted octanol–water partition coefficient (Wildman–Crippen LogP) is 3.20. The van der Waals surface area contributed by atoms with Crippen LogP contribution in [0.2, 0.25) is 0 Å². The number of carbonyl (C=O) groups is 1. The highest BCUT2D eigenvalue weighted by molar-refractivity contribution is 7.12. The van der Waals surface area contributed by atoms with Crippen LogP contribution < -0.4 is 9.47 Å². The molecule has 2 aromatic heterocycles. The molecule has 0 aliphatic carbocycles. The number of alkyl halides is 2. The molecule has 0 unspecified atom stereocenters. The van der Waals surface area contributed by atoms with Crippen molar-refractivity contribution in [3.63, 3.8) is 0 Å². The number of hydrogen-bond acceptors (Lipinski definition) is 8. The van der Waals surface area contributed by atoms with Crippen LogP contribution in [-0.2, 0) is 11.3 Å². The number of rotatable bonds is 7. The summed E-state index contributed by atoms with van der Waals surface area (Å²) in [5.74, 6) is -0.399. The molecule has 1 aromatic carbocycles. The van der Waals surface area contributed by atoms with Crippen LogP contribution in [0.5, 0.6) is 11.5 Å². The Hall–Kier alpha value is -3.85. The molecule has 0 radical (unpaired) electrons. The van der Waals surface area contributed by atoms with Crippen molar-refractivity contribution in [3.05, 3.63) is 58.3 Å². The molecule has 0 bridgehead atoms. The van der Waals surface area contributed by atoms with E-state index < -0.39 is 12.7 Å². The van der Waals surface area contributed by atoms with Crippen LogP contribution in [0.3, 0.4) is 0 Å². The molecule has 1 aliphatic heterocycles. The standard InChI is InChI=1S/C20H16F2N6O3S/c1-30-16-7-12(4-5-15(16)31-20(21)22)14-8-13(17-3-2-6-32-17)25-28(14)19(29)10-27-11-24-18(9-23)26-27/h2-7,11,14,20H,8,10H2,1H3/t14-/m1/s1. The molecule has 3 heterocycles. The molecule has 4 rings (SSSR count). The number of aromatic nitrogens is 3. The van der Waals surface area contributed by atoms with E-state index in [9.17, 15) is 13.6 Å². The number of carbonyl (C=O) groups excluding carboxylic acids is 1. The van der Waals surface area contributed by atoms with Gasteiger partial charge in [-0.3, -0.25) is 4.79 Å². The van der Waals surface area contributed by atoms with Gasteiger partial charge < -0.3 is 9.47 Å². The summed E-state index contributed by atoms with van der Waals surface area (Å²) in [6.45, 7) is -3.16. The minimum Gasteiger partial charge on any atom is -0.493 e. The molecular weight excluding hydrogens is 442 g/mol. The van der Waals surface area contributed by atoms with E-state index in [0.717, 1.165) is 10.6 Å². The van der Waals surface area contributed by atoms with Crippen LogP contribution in [0.15, 0.2) is 47.1 Å². The monoisotopic (exact) mass is 458 g/mol. The Labute approximate surface area is 185 Å². The maximum Gasteiger partial charge on any atom is 0.387 e. The van der Waals surface area contributed by atoms with Gasteiger partial charge in [0.1, 0.15) is 18.9 Å². The lowest BCUT2D eigenvalue weighted by atomic mass is 10.0. The van der Waals surface area contributed by atoms with E-state index >= 15 is 0 Å². The number of nitriles is 1. The third kappa shape index (κ3) is 4.42. The summed E-state index contributed by atoms with van der Waals surface area (Å²) in [6.07, 6.45) is 1.72. The Kier molecular flexibility index (Phi) is 6.09. The van der Waals surface area contributed by atoms with Gasteiger partial charge in [-0.15, -0.1) is 16.4 Å². The van der Waals surface area contributed by atoms with Crippen molar-refractivity contribution >= 4 is 23.0 Å². The van der Waals surface area contributed by atoms with Crippen molar-refractivity contribution in [2.75, 3.05) is 7.11 Å². The summed E-state index contributed by atoms with van der Waals surface area (Å²) in [7, 11) is 1.35. The van der Waals surface area contributed by atoms with Gasteiger partial charge in [0.25, 0.3) is 11.7 Å². The van der Waals surface area contributed by atoms with E-state index in [1.165, 1.54) is 40.5 Å². The van der Waals surface area contributed by atoms with Gasteiger partial charge in [0.15, 0.2) is 11.5 Å². The van der Waals surface area contributed by atoms with Gasteiger partial charge in [-0.2, -0.15) is 19.1 Å². The van der Waals surface area contributed by atoms with Gasteiger partial charge in [-0.25, -0.2) is 14.7 Å². The molecule has 9 nitrogen and oxygen atoms in total. The number of benzene rings is 1. The van der Waals surface area contributed by atoms with E-state index in [1.54, 1.807) is 12.1 Å². The molecule has 164 valence electrons. The van der Waals surface area contributed by atoms with Gasteiger partial charge in [-0.1, -0.05) is 12.1 Å². The predicted molar refractivity (Wildman–Crippen MR) is 109 cm³/mol. The summed E-state index contributed by atoms with van der Waals surface area (Å²) in [4.78, 5) is 17.8. The second kappa shape index (κ2) is 9.11. The average Bonchev–Trinajstić information content (AvgIpc) is 3.53. The first-order chi connectivity index (χ1) is 15.5. The quantitative estimate of drug-likeness (QED) is 0.538. The van der Waals surface area contributed by atoms with Crippen molar-refractivity contribution in [1.82, 2.24) is 19.8 Å². The number of halogens is 2. The number of hydrogen-bond donors (Lipinski definition) is 0. The second-order valence-electron chi connectivity index (χ2n) is 6.65. The number of thiophene rings is 1. The number of hydrazone groups is 1. The summed E-state index contributed by atoms with van der Waals surface area (Å²) in [5, 5.41) is 20.6.